The van der Waals surface area contributed by atoms with Gasteiger partial charge in [0.15, 0.2) is 0 Å². The summed E-state index contributed by atoms with van der Waals surface area (Å²) < 4.78 is 9.53. The maximum absolute atomic E-state index is 4.40. The normalized spacial score (nSPS) is 12.1. The van der Waals surface area contributed by atoms with E-state index in [0.717, 1.165) is 17.1 Å². The van der Waals surface area contributed by atoms with Crippen LogP contribution in [0, 0.1) is 34.6 Å². The molecular formula is C45H80N10. The van der Waals surface area contributed by atoms with Gasteiger partial charge in [-0.1, -0.05) is 104 Å². The first-order valence-electron chi connectivity index (χ1n) is 19.6. The molecule has 0 aliphatic rings. The third-order valence-electron chi connectivity index (χ3n) is 9.24. The van der Waals surface area contributed by atoms with Crippen LogP contribution < -0.4 is 0 Å². The van der Waals surface area contributed by atoms with Crippen LogP contribution in [0.25, 0.3) is 0 Å². The molecule has 0 aliphatic carbocycles. The molecule has 0 saturated carbocycles. The summed E-state index contributed by atoms with van der Waals surface area (Å²) in [4.78, 5) is 0. The molecule has 5 heterocycles. The van der Waals surface area contributed by atoms with Crippen LogP contribution in [0.2, 0.25) is 0 Å². The minimum Gasteiger partial charge on any atom is -0.275 e. The summed E-state index contributed by atoms with van der Waals surface area (Å²) in [6.07, 6.45) is 6.10. The zero-order valence-electron chi connectivity index (χ0n) is 39.9. The van der Waals surface area contributed by atoms with Crippen molar-refractivity contribution in [2.24, 2.45) is 35.2 Å². The fourth-order valence-electron chi connectivity index (χ4n) is 6.16. The SMILES string of the molecule is Cc1c(C(C)(C)C)cnn1C.Cc1cc(C(C)(C)C)n(C)n1.Cc1cc(C(C)(C)C)nn1C.Cc1cn(C)nc1C(C)(C)C.Cc1nn(C)cc1C(C)(C)C. The van der Waals surface area contributed by atoms with Crippen LogP contribution in [0.4, 0.5) is 0 Å². The van der Waals surface area contributed by atoms with E-state index in [0.29, 0.717) is 0 Å². The van der Waals surface area contributed by atoms with Gasteiger partial charge in [-0.3, -0.25) is 23.4 Å². The molecule has 0 amide bonds. The van der Waals surface area contributed by atoms with Gasteiger partial charge in [-0.25, -0.2) is 0 Å². The Kier molecular flexibility index (Phi) is 16.4. The van der Waals surface area contributed by atoms with Crippen molar-refractivity contribution in [3.63, 3.8) is 0 Å². The van der Waals surface area contributed by atoms with Crippen molar-refractivity contribution in [2.75, 3.05) is 0 Å². The summed E-state index contributed by atoms with van der Waals surface area (Å²) in [6, 6.07) is 4.28. The predicted octanol–water partition coefficient (Wildman–Crippen LogP) is 10.1. The Morgan fingerprint density at radius 2 is 0.982 bits per heavy atom. The molecule has 10 nitrogen and oxygen atoms in total. The van der Waals surface area contributed by atoms with Crippen LogP contribution >= 0.6 is 0 Å². The third-order valence-corrected chi connectivity index (χ3v) is 9.24. The number of hydrogen-bond donors (Lipinski definition) is 0. The third kappa shape index (κ3) is 15.2. The second-order valence-corrected chi connectivity index (χ2v) is 20.2. The molecule has 0 radical (unpaired) electrons. The van der Waals surface area contributed by atoms with Crippen LogP contribution in [0.3, 0.4) is 0 Å². The minimum atomic E-state index is 0.172. The van der Waals surface area contributed by atoms with Crippen LogP contribution in [0.5, 0.6) is 0 Å². The lowest BCUT2D eigenvalue weighted by Gasteiger charge is -2.17. The van der Waals surface area contributed by atoms with Gasteiger partial charge >= 0.3 is 0 Å². The van der Waals surface area contributed by atoms with E-state index >= 15 is 0 Å². The van der Waals surface area contributed by atoms with Crippen molar-refractivity contribution in [3.05, 3.63) is 87.3 Å². The van der Waals surface area contributed by atoms with Gasteiger partial charge in [0.05, 0.1) is 29.0 Å². The first-order valence-corrected chi connectivity index (χ1v) is 19.6. The summed E-state index contributed by atoms with van der Waals surface area (Å²) in [5.41, 5.74) is 13.3. The lowest BCUT2D eigenvalue weighted by molar-refractivity contribution is 0.522. The van der Waals surface area contributed by atoms with Crippen molar-refractivity contribution >= 4 is 0 Å². The van der Waals surface area contributed by atoms with Gasteiger partial charge in [0.2, 0.25) is 0 Å². The number of hydrogen-bond acceptors (Lipinski definition) is 5. The fourth-order valence-corrected chi connectivity index (χ4v) is 6.16. The Morgan fingerprint density at radius 1 is 0.473 bits per heavy atom. The molecule has 5 aromatic heterocycles. The van der Waals surface area contributed by atoms with Gasteiger partial charge in [0, 0.05) is 81.0 Å². The number of rotatable bonds is 0. The Hall–Kier alpha value is -3.95. The molecule has 0 aliphatic heterocycles. The van der Waals surface area contributed by atoms with Crippen molar-refractivity contribution in [3.8, 4) is 0 Å². The monoisotopic (exact) mass is 761 g/mol. The van der Waals surface area contributed by atoms with E-state index in [4.69, 9.17) is 0 Å². The van der Waals surface area contributed by atoms with Gasteiger partial charge in [0.25, 0.3) is 0 Å². The molecule has 10 heteroatoms. The molecule has 5 aromatic rings. The topological polar surface area (TPSA) is 89.1 Å². The van der Waals surface area contributed by atoms with Gasteiger partial charge in [-0.15, -0.1) is 0 Å². The summed E-state index contributed by atoms with van der Waals surface area (Å²) in [6.45, 7) is 43.3. The smallest absolute Gasteiger partial charge is 0.0706 e. The largest absolute Gasteiger partial charge is 0.275 e. The first-order chi connectivity index (χ1) is 24.6. The highest BCUT2D eigenvalue weighted by Crippen LogP contribution is 2.26. The fraction of sp³-hybridized carbons (Fsp3) is 0.667. The lowest BCUT2D eigenvalue weighted by atomic mass is 9.88. The van der Waals surface area contributed by atoms with Crippen molar-refractivity contribution in [1.29, 1.82) is 0 Å². The highest BCUT2D eigenvalue weighted by atomic mass is 15.3. The first kappa shape index (κ1) is 49.1. The molecule has 0 spiro atoms. The average molecular weight is 761 g/mol. The van der Waals surface area contributed by atoms with E-state index in [9.17, 15) is 0 Å². The van der Waals surface area contributed by atoms with Crippen molar-refractivity contribution in [1.82, 2.24) is 48.9 Å². The van der Waals surface area contributed by atoms with E-state index in [-0.39, 0.29) is 27.1 Å². The number of aromatic nitrogens is 10. The standard InChI is InChI=1S/5C9H16N2/c1-7-8(9(2,3)4)6-11(5)10-7;1-7-8(9(2,3)4)6-10-11(7)5;1-7-6-11(5)10-8(7)9(2,3)4;1-7-6-8(9(2,3)4)10-11(7)5;1-7-6-8(9(2,3)4)11(5)10-7/h5*6H,1-5H3. The molecule has 55 heavy (non-hydrogen) atoms. The van der Waals surface area contributed by atoms with E-state index in [1.54, 1.807) is 0 Å². The molecule has 0 N–H and O–H groups in total. The van der Waals surface area contributed by atoms with E-state index in [2.05, 4.69) is 182 Å². The van der Waals surface area contributed by atoms with E-state index in [1.807, 2.05) is 71.8 Å². The van der Waals surface area contributed by atoms with E-state index < -0.39 is 0 Å². The van der Waals surface area contributed by atoms with Crippen LogP contribution in [-0.4, -0.2) is 48.9 Å². The van der Waals surface area contributed by atoms with Crippen LogP contribution in [0.1, 0.15) is 160 Å². The predicted molar refractivity (Wildman–Crippen MR) is 233 cm³/mol. The lowest BCUT2D eigenvalue weighted by Crippen LogP contribution is -2.16. The molecule has 0 fully saturated rings. The molecule has 310 valence electrons. The quantitative estimate of drug-likeness (QED) is 0.157. The van der Waals surface area contributed by atoms with Crippen molar-refractivity contribution in [2.45, 2.75) is 166 Å². The molecular weight excluding hydrogens is 681 g/mol. The van der Waals surface area contributed by atoms with Gasteiger partial charge in [-0.05, 0) is 74.3 Å². The zero-order chi connectivity index (χ0) is 43.2. The number of aryl methyl sites for hydroxylation is 9. The highest BCUT2D eigenvalue weighted by Gasteiger charge is 2.21. The van der Waals surface area contributed by atoms with Gasteiger partial charge < -0.3 is 0 Å². The Balaban J connectivity index is 0.000000344. The van der Waals surface area contributed by atoms with Crippen molar-refractivity contribution < 1.29 is 0 Å². The maximum Gasteiger partial charge on any atom is 0.0706 e. The summed E-state index contributed by atoms with van der Waals surface area (Å²) in [5, 5.41) is 21.6. The number of nitrogens with zero attached hydrogens (tertiary/aromatic N) is 10. The zero-order valence-corrected chi connectivity index (χ0v) is 39.9. The highest BCUT2D eigenvalue weighted by molar-refractivity contribution is 5.25. The van der Waals surface area contributed by atoms with Crippen LogP contribution in [0.15, 0.2) is 30.7 Å². The second kappa shape index (κ2) is 18.3. The van der Waals surface area contributed by atoms with Gasteiger partial charge in [0.1, 0.15) is 0 Å². The molecule has 0 bridgehead atoms. The maximum atomic E-state index is 4.40. The molecule has 5 rings (SSSR count). The average Bonchev–Trinajstić information content (AvgIpc) is 3.78. The summed E-state index contributed by atoms with van der Waals surface area (Å²) >= 11 is 0. The summed E-state index contributed by atoms with van der Waals surface area (Å²) in [7, 11) is 9.87. The molecule has 0 aromatic carbocycles. The van der Waals surface area contributed by atoms with Gasteiger partial charge in [-0.2, -0.15) is 25.5 Å². The molecule has 0 unspecified atom stereocenters. The Bertz CT molecular complexity index is 1750. The second-order valence-electron chi connectivity index (χ2n) is 20.2. The summed E-state index contributed by atoms with van der Waals surface area (Å²) in [5.74, 6) is 0. The Labute approximate surface area is 336 Å². The molecule has 0 saturated heterocycles. The van der Waals surface area contributed by atoms with Crippen LogP contribution in [-0.2, 0) is 62.3 Å². The Morgan fingerprint density at radius 3 is 1.16 bits per heavy atom. The minimum absolute atomic E-state index is 0.172. The molecule has 0 atom stereocenters. The van der Waals surface area contributed by atoms with E-state index in [1.165, 1.54) is 39.5 Å².